The Labute approximate surface area is 108 Å². The molecule has 1 saturated carbocycles. The van der Waals surface area contributed by atoms with Gasteiger partial charge in [0.2, 0.25) is 0 Å². The summed E-state index contributed by atoms with van der Waals surface area (Å²) in [7, 11) is 0. The number of hydrogen-bond acceptors (Lipinski definition) is 3. The highest BCUT2D eigenvalue weighted by Crippen LogP contribution is 2.59. The van der Waals surface area contributed by atoms with Crippen molar-refractivity contribution in [3.8, 4) is 0 Å². The third-order valence-electron chi connectivity index (χ3n) is 5.54. The predicted molar refractivity (Wildman–Crippen MR) is 68.3 cm³/mol. The molecular weight excluding hydrogens is 226 g/mol. The van der Waals surface area contributed by atoms with Crippen molar-refractivity contribution in [1.29, 1.82) is 0 Å². The van der Waals surface area contributed by atoms with E-state index in [-0.39, 0.29) is 5.41 Å². The van der Waals surface area contributed by atoms with Gasteiger partial charge < -0.3 is 4.74 Å². The van der Waals surface area contributed by atoms with E-state index in [0.717, 1.165) is 13.0 Å². The molecule has 4 rings (SSSR count). The quantitative estimate of drug-likeness (QED) is 0.663. The van der Waals surface area contributed by atoms with Crippen LogP contribution in [0.2, 0.25) is 0 Å². The second-order valence-electron chi connectivity index (χ2n) is 6.30. The van der Waals surface area contributed by atoms with E-state index in [1.807, 2.05) is 0 Å². The molecule has 0 radical (unpaired) electrons. The van der Waals surface area contributed by atoms with Gasteiger partial charge in [0.05, 0.1) is 24.7 Å². The molecule has 4 aliphatic rings. The minimum atomic E-state index is -0.0732. The Kier molecular flexibility index (Phi) is 2.43. The number of piperidine rings is 1. The van der Waals surface area contributed by atoms with Gasteiger partial charge in [0.25, 0.3) is 0 Å². The predicted octanol–water partition coefficient (Wildman–Crippen LogP) is 1.92. The molecule has 4 atom stereocenters. The van der Waals surface area contributed by atoms with Crippen molar-refractivity contribution in [1.82, 2.24) is 4.90 Å². The molecule has 3 fully saturated rings. The van der Waals surface area contributed by atoms with E-state index in [1.165, 1.54) is 32.1 Å². The van der Waals surface area contributed by atoms with Crippen LogP contribution in [0.5, 0.6) is 0 Å². The van der Waals surface area contributed by atoms with Crippen LogP contribution in [0, 0.1) is 5.41 Å². The highest BCUT2D eigenvalue weighted by molar-refractivity contribution is 5.96. The van der Waals surface area contributed by atoms with Crippen molar-refractivity contribution in [2.45, 2.75) is 56.7 Å². The Balaban J connectivity index is 1.56. The first-order valence-corrected chi connectivity index (χ1v) is 7.39. The van der Waals surface area contributed by atoms with Crippen LogP contribution in [0.1, 0.15) is 38.5 Å². The van der Waals surface area contributed by atoms with Crippen molar-refractivity contribution < 1.29 is 9.53 Å². The number of nitrogens with zero attached hydrogens (tertiary/aromatic N) is 1. The number of rotatable bonds is 1. The normalized spacial score (nSPS) is 49.3. The molecule has 3 heteroatoms. The van der Waals surface area contributed by atoms with Gasteiger partial charge in [0.1, 0.15) is 5.78 Å². The van der Waals surface area contributed by atoms with E-state index >= 15 is 0 Å². The molecular formula is C15H21NO2. The Bertz CT molecular complexity index is 405. The fraction of sp³-hybridized carbons (Fsp3) is 0.800. The van der Waals surface area contributed by atoms with Gasteiger partial charge in [-0.25, -0.2) is 0 Å². The van der Waals surface area contributed by atoms with Crippen LogP contribution in [0.4, 0.5) is 0 Å². The lowest BCUT2D eigenvalue weighted by Crippen LogP contribution is -2.82. The molecule has 1 spiro atoms. The molecule has 4 unspecified atom stereocenters. The molecule has 2 aliphatic heterocycles. The van der Waals surface area contributed by atoms with Gasteiger partial charge in [0.15, 0.2) is 0 Å². The smallest absolute Gasteiger partial charge is 0.146 e. The van der Waals surface area contributed by atoms with Gasteiger partial charge in [-0.15, -0.1) is 0 Å². The SMILES string of the molecule is O=C1CC2N(C3/C=C\CCCCC3)C3COCC132. The molecule has 2 saturated heterocycles. The topological polar surface area (TPSA) is 29.5 Å². The van der Waals surface area contributed by atoms with E-state index in [4.69, 9.17) is 4.74 Å². The van der Waals surface area contributed by atoms with Crippen molar-refractivity contribution in [2.75, 3.05) is 13.2 Å². The average Bonchev–Trinajstić information content (AvgIpc) is 2.74. The van der Waals surface area contributed by atoms with Gasteiger partial charge in [-0.2, -0.15) is 0 Å². The van der Waals surface area contributed by atoms with Crippen molar-refractivity contribution in [2.24, 2.45) is 5.41 Å². The summed E-state index contributed by atoms with van der Waals surface area (Å²) in [4.78, 5) is 14.5. The van der Waals surface area contributed by atoms with Gasteiger partial charge in [-0.1, -0.05) is 25.0 Å². The number of allylic oxidation sites excluding steroid dienone is 1. The molecule has 0 N–H and O–H groups in total. The number of ketones is 1. The fourth-order valence-corrected chi connectivity index (χ4v) is 4.48. The maximum atomic E-state index is 11.9. The van der Waals surface area contributed by atoms with Crippen LogP contribution in [0.15, 0.2) is 12.2 Å². The first-order chi connectivity index (χ1) is 8.84. The summed E-state index contributed by atoms with van der Waals surface area (Å²) in [6.07, 6.45) is 12.0. The standard InChI is InChI=1S/C15H21NO2/c17-14-8-12-15(14)10-18-9-13(15)16(12)11-6-4-2-1-3-5-7-11/h4,6,11-13H,1-3,5,7-10H2/b6-4-. The maximum absolute atomic E-state index is 11.9. The summed E-state index contributed by atoms with van der Waals surface area (Å²) < 4.78 is 5.62. The number of Topliss-reactive ketones (excluding diaryl/α,β-unsaturated/α-hetero) is 1. The number of hydrogen-bond donors (Lipinski definition) is 0. The van der Waals surface area contributed by atoms with E-state index < -0.39 is 0 Å². The molecule has 18 heavy (non-hydrogen) atoms. The molecule has 0 aromatic carbocycles. The summed E-state index contributed by atoms with van der Waals surface area (Å²) in [6.45, 7) is 1.46. The fourth-order valence-electron chi connectivity index (χ4n) is 4.48. The van der Waals surface area contributed by atoms with E-state index in [9.17, 15) is 4.79 Å². The van der Waals surface area contributed by atoms with Crippen LogP contribution in [0.3, 0.4) is 0 Å². The van der Waals surface area contributed by atoms with Gasteiger partial charge in [-0.05, 0) is 19.3 Å². The van der Waals surface area contributed by atoms with Crippen LogP contribution in [0.25, 0.3) is 0 Å². The molecule has 0 aromatic heterocycles. The van der Waals surface area contributed by atoms with Gasteiger partial charge in [-0.3, -0.25) is 9.69 Å². The molecule has 0 aromatic rings. The summed E-state index contributed by atoms with van der Waals surface area (Å²) in [6, 6.07) is 1.44. The van der Waals surface area contributed by atoms with Crippen molar-refractivity contribution in [3.05, 3.63) is 12.2 Å². The van der Waals surface area contributed by atoms with Gasteiger partial charge >= 0.3 is 0 Å². The monoisotopic (exact) mass is 247 g/mol. The summed E-state index contributed by atoms with van der Waals surface area (Å²) in [5.74, 6) is 0.459. The van der Waals surface area contributed by atoms with Crippen molar-refractivity contribution in [3.63, 3.8) is 0 Å². The Morgan fingerprint density at radius 2 is 2.22 bits per heavy atom. The van der Waals surface area contributed by atoms with Crippen LogP contribution >= 0.6 is 0 Å². The van der Waals surface area contributed by atoms with Gasteiger partial charge in [0, 0.05) is 18.5 Å². The Morgan fingerprint density at radius 3 is 3.11 bits per heavy atom. The first kappa shape index (κ1) is 11.2. The van der Waals surface area contributed by atoms with Crippen LogP contribution in [-0.2, 0) is 9.53 Å². The highest BCUT2D eigenvalue weighted by atomic mass is 16.5. The zero-order valence-electron chi connectivity index (χ0n) is 10.8. The summed E-state index contributed by atoms with van der Waals surface area (Å²) in [5, 5.41) is 0. The molecule has 2 heterocycles. The van der Waals surface area contributed by atoms with E-state index in [1.54, 1.807) is 0 Å². The van der Waals surface area contributed by atoms with Crippen LogP contribution < -0.4 is 0 Å². The average molecular weight is 247 g/mol. The number of ether oxygens (including phenoxy) is 1. The minimum Gasteiger partial charge on any atom is -0.379 e. The number of carbonyl (C=O) groups excluding carboxylic acids is 1. The second kappa shape index (κ2) is 3.91. The van der Waals surface area contributed by atoms with Crippen molar-refractivity contribution >= 4 is 5.78 Å². The summed E-state index contributed by atoms with van der Waals surface area (Å²) in [5.41, 5.74) is -0.0732. The first-order valence-electron chi connectivity index (χ1n) is 7.39. The lowest BCUT2D eigenvalue weighted by Gasteiger charge is -2.67. The molecule has 98 valence electrons. The number of likely N-dealkylation sites (tertiary alicyclic amines) is 1. The Morgan fingerprint density at radius 1 is 1.28 bits per heavy atom. The number of carbonyl (C=O) groups is 1. The largest absolute Gasteiger partial charge is 0.379 e. The minimum absolute atomic E-state index is 0.0732. The molecule has 3 nitrogen and oxygen atoms in total. The lowest BCUT2D eigenvalue weighted by atomic mass is 9.52. The third kappa shape index (κ3) is 1.24. The van der Waals surface area contributed by atoms with E-state index in [0.29, 0.717) is 30.5 Å². The molecule has 0 amide bonds. The summed E-state index contributed by atoms with van der Waals surface area (Å²) >= 11 is 0. The lowest BCUT2D eigenvalue weighted by molar-refractivity contribution is -0.195. The highest BCUT2D eigenvalue weighted by Gasteiger charge is 2.74. The Hall–Kier alpha value is -0.670. The molecule has 0 bridgehead atoms. The van der Waals surface area contributed by atoms with Crippen LogP contribution in [-0.4, -0.2) is 42.0 Å². The third-order valence-corrected chi connectivity index (χ3v) is 5.54. The zero-order valence-corrected chi connectivity index (χ0v) is 10.8. The van der Waals surface area contributed by atoms with E-state index in [2.05, 4.69) is 17.1 Å². The maximum Gasteiger partial charge on any atom is 0.146 e. The zero-order chi connectivity index (χ0) is 12.2. The second-order valence-corrected chi connectivity index (χ2v) is 6.30. The molecule has 2 aliphatic carbocycles.